The molecular formula is C18H22ClF2IN4O2. The van der Waals surface area contributed by atoms with Gasteiger partial charge >= 0.3 is 6.61 Å². The Labute approximate surface area is 184 Å². The van der Waals surface area contributed by atoms with Crippen LogP contribution in [0.1, 0.15) is 24.2 Å². The fraction of sp³-hybridized carbons (Fsp3) is 0.333. The van der Waals surface area contributed by atoms with Gasteiger partial charge in [-0.05, 0) is 36.2 Å². The molecule has 154 valence electrons. The molecule has 1 aromatic carbocycles. The second-order valence-corrected chi connectivity index (χ2v) is 5.92. The van der Waals surface area contributed by atoms with Crippen molar-refractivity contribution in [2.24, 2.45) is 4.99 Å². The molecule has 1 unspecified atom stereocenters. The summed E-state index contributed by atoms with van der Waals surface area (Å²) in [4.78, 5) is 8.42. The van der Waals surface area contributed by atoms with Crippen molar-refractivity contribution < 1.29 is 18.6 Å². The van der Waals surface area contributed by atoms with E-state index >= 15 is 0 Å². The monoisotopic (exact) mass is 526 g/mol. The van der Waals surface area contributed by atoms with Gasteiger partial charge in [0.05, 0.1) is 12.6 Å². The average molecular weight is 527 g/mol. The minimum atomic E-state index is -2.88. The smallest absolute Gasteiger partial charge is 0.387 e. The van der Waals surface area contributed by atoms with Crippen LogP contribution in [0.15, 0.2) is 47.6 Å². The Bertz CT molecular complexity index is 733. The first kappa shape index (κ1) is 24.3. The Morgan fingerprint density at radius 3 is 2.50 bits per heavy atom. The molecule has 1 atom stereocenters. The maximum Gasteiger partial charge on any atom is 0.387 e. The fourth-order valence-corrected chi connectivity index (χ4v) is 2.31. The minimum Gasteiger partial charge on any atom is -0.435 e. The van der Waals surface area contributed by atoms with E-state index in [2.05, 4.69) is 25.3 Å². The number of guanidine groups is 1. The molecule has 0 radical (unpaired) electrons. The van der Waals surface area contributed by atoms with Gasteiger partial charge in [0, 0.05) is 19.3 Å². The third-order valence-corrected chi connectivity index (χ3v) is 3.73. The van der Waals surface area contributed by atoms with Crippen LogP contribution in [0, 0.1) is 0 Å². The molecule has 0 aliphatic rings. The molecule has 0 aliphatic carbocycles. The third kappa shape index (κ3) is 8.53. The molecule has 0 saturated heterocycles. The molecule has 2 rings (SSSR count). The molecule has 0 fully saturated rings. The van der Waals surface area contributed by atoms with Gasteiger partial charge in [-0.25, -0.2) is 9.98 Å². The highest BCUT2D eigenvalue weighted by Crippen LogP contribution is 2.19. The number of hydrogen-bond donors (Lipinski definition) is 3. The first-order valence-electron chi connectivity index (χ1n) is 8.33. The van der Waals surface area contributed by atoms with Crippen LogP contribution >= 0.6 is 35.6 Å². The first-order chi connectivity index (χ1) is 13.0. The summed E-state index contributed by atoms with van der Waals surface area (Å²) in [7, 11) is 0. The number of pyridine rings is 1. The lowest BCUT2D eigenvalue weighted by Crippen LogP contribution is -2.39. The number of ether oxygens (including phenoxy) is 1. The van der Waals surface area contributed by atoms with Gasteiger partial charge in [-0.2, -0.15) is 8.78 Å². The van der Waals surface area contributed by atoms with Crippen molar-refractivity contribution in [3.63, 3.8) is 0 Å². The van der Waals surface area contributed by atoms with Crippen LogP contribution in [0.2, 0.25) is 5.15 Å². The van der Waals surface area contributed by atoms with Crippen molar-refractivity contribution in [1.29, 1.82) is 0 Å². The zero-order chi connectivity index (χ0) is 19.6. The topological polar surface area (TPSA) is 78.8 Å². The summed E-state index contributed by atoms with van der Waals surface area (Å²) in [5, 5.41) is 16.8. The van der Waals surface area contributed by atoms with Crippen molar-refractivity contribution in [3.05, 3.63) is 58.9 Å². The molecular weight excluding hydrogens is 505 g/mol. The number of rotatable bonds is 8. The van der Waals surface area contributed by atoms with Crippen LogP contribution in [0.3, 0.4) is 0 Å². The lowest BCUT2D eigenvalue weighted by atomic mass is 10.1. The van der Waals surface area contributed by atoms with Crippen LogP contribution in [0.5, 0.6) is 5.75 Å². The van der Waals surface area contributed by atoms with Crippen LogP contribution < -0.4 is 15.4 Å². The van der Waals surface area contributed by atoms with E-state index in [0.717, 1.165) is 5.56 Å². The molecule has 0 saturated carbocycles. The Hall–Kier alpha value is -1.72. The summed E-state index contributed by atoms with van der Waals surface area (Å²) in [5.41, 5.74) is 1.47. The molecule has 0 aliphatic heterocycles. The molecule has 0 spiro atoms. The summed E-state index contributed by atoms with van der Waals surface area (Å²) in [6, 6.07) is 9.37. The van der Waals surface area contributed by atoms with Gasteiger partial charge in [-0.1, -0.05) is 29.8 Å². The fourth-order valence-electron chi connectivity index (χ4n) is 2.19. The second-order valence-electron chi connectivity index (χ2n) is 5.53. The van der Waals surface area contributed by atoms with E-state index in [4.69, 9.17) is 11.6 Å². The molecule has 0 amide bonds. The van der Waals surface area contributed by atoms with Crippen molar-refractivity contribution in [2.75, 3.05) is 13.1 Å². The van der Waals surface area contributed by atoms with Gasteiger partial charge in [0.25, 0.3) is 0 Å². The summed E-state index contributed by atoms with van der Waals surface area (Å²) >= 11 is 5.76. The number of alkyl halides is 2. The number of aliphatic hydroxyl groups excluding tert-OH is 1. The Balaban J connectivity index is 0.00000392. The van der Waals surface area contributed by atoms with E-state index in [1.807, 2.05) is 13.0 Å². The molecule has 6 nitrogen and oxygen atoms in total. The molecule has 1 heterocycles. The Morgan fingerprint density at radius 2 is 1.93 bits per heavy atom. The largest absolute Gasteiger partial charge is 0.435 e. The number of aliphatic imine (C=N–C) groups is 1. The first-order valence-corrected chi connectivity index (χ1v) is 8.71. The normalized spacial score (nSPS) is 12.3. The summed E-state index contributed by atoms with van der Waals surface area (Å²) in [5.74, 6) is 0.574. The SMILES string of the molecule is CCNC(=NCc1ccc(Cl)nc1)NCC(O)c1ccc(OC(F)F)cc1.I. The number of nitrogens with one attached hydrogen (secondary N) is 2. The maximum absolute atomic E-state index is 12.2. The van der Waals surface area contributed by atoms with Crippen molar-refractivity contribution >= 4 is 41.5 Å². The Kier molecular flexibility index (Phi) is 11.0. The minimum absolute atomic E-state index is 0. The lowest BCUT2D eigenvalue weighted by molar-refractivity contribution is -0.0498. The van der Waals surface area contributed by atoms with Gasteiger partial charge in [0.1, 0.15) is 10.9 Å². The van der Waals surface area contributed by atoms with Crippen LogP contribution in [-0.4, -0.2) is 35.8 Å². The predicted octanol–water partition coefficient (Wildman–Crippen LogP) is 3.74. The standard InChI is InChI=1S/C18H21ClF2N4O2.HI/c1-2-22-18(24-10-12-3-8-16(19)23-9-12)25-11-15(26)13-4-6-14(7-5-13)27-17(20)21;/h3-9,15,17,26H,2,10-11H2,1H3,(H2,22,24,25);1H. The van der Waals surface area contributed by atoms with Crippen molar-refractivity contribution in [1.82, 2.24) is 15.6 Å². The van der Waals surface area contributed by atoms with E-state index < -0.39 is 12.7 Å². The van der Waals surface area contributed by atoms with Crippen molar-refractivity contribution in [3.8, 4) is 5.75 Å². The van der Waals surface area contributed by atoms with Gasteiger partial charge in [0.2, 0.25) is 0 Å². The number of benzene rings is 1. The summed E-state index contributed by atoms with van der Waals surface area (Å²) in [6.07, 6.45) is 0.805. The van der Waals surface area contributed by atoms with Crippen LogP contribution in [0.4, 0.5) is 8.78 Å². The van der Waals surface area contributed by atoms with Crippen LogP contribution in [0.25, 0.3) is 0 Å². The molecule has 3 N–H and O–H groups in total. The van der Waals surface area contributed by atoms with Gasteiger partial charge in [0.15, 0.2) is 5.96 Å². The van der Waals surface area contributed by atoms with Gasteiger partial charge in [-0.15, -0.1) is 24.0 Å². The highest BCUT2D eigenvalue weighted by molar-refractivity contribution is 14.0. The van der Waals surface area contributed by atoms with E-state index in [0.29, 0.717) is 29.8 Å². The van der Waals surface area contributed by atoms with E-state index in [-0.39, 0.29) is 36.3 Å². The molecule has 1 aromatic heterocycles. The quantitative estimate of drug-likeness (QED) is 0.211. The third-order valence-electron chi connectivity index (χ3n) is 3.51. The molecule has 0 bridgehead atoms. The highest BCUT2D eigenvalue weighted by Gasteiger charge is 2.10. The zero-order valence-electron chi connectivity index (χ0n) is 15.1. The zero-order valence-corrected chi connectivity index (χ0v) is 18.2. The van der Waals surface area contributed by atoms with Crippen molar-refractivity contribution in [2.45, 2.75) is 26.2 Å². The lowest BCUT2D eigenvalue weighted by Gasteiger charge is -2.16. The predicted molar refractivity (Wildman–Crippen MR) is 116 cm³/mol. The molecule has 28 heavy (non-hydrogen) atoms. The maximum atomic E-state index is 12.2. The number of halogens is 4. The summed E-state index contributed by atoms with van der Waals surface area (Å²) in [6.45, 7) is 0.298. The highest BCUT2D eigenvalue weighted by atomic mass is 127. The van der Waals surface area contributed by atoms with E-state index in [9.17, 15) is 13.9 Å². The number of hydrogen-bond acceptors (Lipinski definition) is 4. The van der Waals surface area contributed by atoms with Crippen LogP contribution in [-0.2, 0) is 6.54 Å². The van der Waals surface area contributed by atoms with E-state index in [1.165, 1.54) is 24.3 Å². The second kappa shape index (κ2) is 12.7. The Morgan fingerprint density at radius 1 is 1.21 bits per heavy atom. The average Bonchev–Trinajstić information content (AvgIpc) is 2.65. The van der Waals surface area contributed by atoms with Gasteiger partial charge in [-0.3, -0.25) is 0 Å². The molecule has 10 heteroatoms. The molecule has 2 aromatic rings. The summed E-state index contributed by atoms with van der Waals surface area (Å²) < 4.78 is 28.6. The van der Waals surface area contributed by atoms with Gasteiger partial charge < -0.3 is 20.5 Å². The number of nitrogens with zero attached hydrogens (tertiary/aromatic N) is 2. The number of aliphatic hydroxyl groups is 1. The number of aromatic nitrogens is 1. The van der Waals surface area contributed by atoms with E-state index in [1.54, 1.807) is 12.3 Å².